The molecule has 0 aliphatic carbocycles. The molecule has 0 bridgehead atoms. The number of anilines is 1. The molecule has 2 N–H and O–H groups in total. The van der Waals surface area contributed by atoms with Crippen LogP contribution in [0.15, 0.2) is 53.6 Å². The summed E-state index contributed by atoms with van der Waals surface area (Å²) in [6.07, 6.45) is 1.38. The van der Waals surface area contributed by atoms with Crippen molar-refractivity contribution in [1.82, 2.24) is 5.43 Å². The van der Waals surface area contributed by atoms with E-state index in [0.717, 1.165) is 0 Å². The molecule has 0 spiro atoms. The number of hydrogen-bond donors (Lipinski definition) is 2. The lowest BCUT2D eigenvalue weighted by Gasteiger charge is -2.03. The second-order valence-corrected chi connectivity index (χ2v) is 4.81. The van der Waals surface area contributed by atoms with Crippen molar-refractivity contribution in [1.29, 1.82) is 0 Å². The molecule has 122 valence electrons. The fraction of sp³-hybridized carbons (Fsp3) is 0.0625. The minimum absolute atomic E-state index is 0.0181. The highest BCUT2D eigenvalue weighted by molar-refractivity contribution is 5.96. The fourth-order valence-corrected chi connectivity index (χ4v) is 1.82. The maximum Gasteiger partial charge on any atom is 0.271 e. The number of nitrogens with zero attached hydrogens (tertiary/aromatic N) is 2. The van der Waals surface area contributed by atoms with Crippen molar-refractivity contribution in [3.05, 3.63) is 69.8 Å². The van der Waals surface area contributed by atoms with Gasteiger partial charge in [-0.2, -0.15) is 5.10 Å². The summed E-state index contributed by atoms with van der Waals surface area (Å²) in [7, 11) is 0. The lowest BCUT2D eigenvalue weighted by molar-refractivity contribution is -0.384. The van der Waals surface area contributed by atoms with Crippen LogP contribution in [0, 0.1) is 10.1 Å². The lowest BCUT2D eigenvalue weighted by atomic mass is 10.2. The Hall–Kier alpha value is -3.55. The van der Waals surface area contributed by atoms with Gasteiger partial charge in [-0.05, 0) is 42.0 Å². The van der Waals surface area contributed by atoms with Crippen LogP contribution in [0.3, 0.4) is 0 Å². The van der Waals surface area contributed by atoms with Gasteiger partial charge in [0.1, 0.15) is 0 Å². The molecule has 2 rings (SSSR count). The van der Waals surface area contributed by atoms with E-state index in [2.05, 4.69) is 15.8 Å². The molecule has 0 aliphatic rings. The summed E-state index contributed by atoms with van der Waals surface area (Å²) in [5.41, 5.74) is 3.92. The monoisotopic (exact) mass is 326 g/mol. The maximum atomic E-state index is 11.9. The molecule has 0 aromatic heterocycles. The second kappa shape index (κ2) is 7.63. The first-order valence-corrected chi connectivity index (χ1v) is 6.91. The molecule has 0 fully saturated rings. The van der Waals surface area contributed by atoms with Crippen molar-refractivity contribution in [3.63, 3.8) is 0 Å². The number of benzene rings is 2. The molecule has 0 saturated heterocycles. The molecule has 0 atom stereocenters. The molecule has 2 aromatic carbocycles. The van der Waals surface area contributed by atoms with E-state index < -0.39 is 10.8 Å². The van der Waals surface area contributed by atoms with Gasteiger partial charge in [0.15, 0.2) is 0 Å². The molecule has 2 aromatic rings. The second-order valence-electron chi connectivity index (χ2n) is 4.81. The van der Waals surface area contributed by atoms with Crippen LogP contribution in [0.2, 0.25) is 0 Å². The molecule has 8 heteroatoms. The maximum absolute atomic E-state index is 11.9. The first kappa shape index (κ1) is 16.8. The van der Waals surface area contributed by atoms with E-state index in [1.807, 2.05) is 0 Å². The lowest BCUT2D eigenvalue weighted by Crippen LogP contribution is -2.17. The van der Waals surface area contributed by atoms with Crippen LogP contribution in [-0.4, -0.2) is 23.0 Å². The zero-order valence-electron chi connectivity index (χ0n) is 12.7. The quantitative estimate of drug-likeness (QED) is 0.498. The molecular formula is C16H14N4O4. The highest BCUT2D eigenvalue weighted by Gasteiger charge is 2.05. The first-order chi connectivity index (χ1) is 11.5. The molecule has 0 unspecified atom stereocenters. The van der Waals surface area contributed by atoms with E-state index in [1.165, 1.54) is 37.4 Å². The topological polar surface area (TPSA) is 114 Å². The zero-order valence-corrected chi connectivity index (χ0v) is 12.7. The van der Waals surface area contributed by atoms with Crippen molar-refractivity contribution in [2.45, 2.75) is 6.92 Å². The number of hydrogen-bond acceptors (Lipinski definition) is 5. The average Bonchev–Trinajstić information content (AvgIpc) is 2.55. The molecule has 0 radical (unpaired) electrons. The van der Waals surface area contributed by atoms with Crippen LogP contribution >= 0.6 is 0 Å². The van der Waals surface area contributed by atoms with Gasteiger partial charge in [0, 0.05) is 30.3 Å². The number of non-ortho nitro benzene ring substituents is 1. The summed E-state index contributed by atoms with van der Waals surface area (Å²) in [6.45, 7) is 1.40. The normalized spacial score (nSPS) is 10.4. The van der Waals surface area contributed by atoms with Crippen LogP contribution in [0.25, 0.3) is 0 Å². The molecular weight excluding hydrogens is 312 g/mol. The van der Waals surface area contributed by atoms with E-state index in [-0.39, 0.29) is 11.6 Å². The van der Waals surface area contributed by atoms with Crippen molar-refractivity contribution in [2.75, 3.05) is 5.32 Å². The van der Waals surface area contributed by atoms with Crippen molar-refractivity contribution < 1.29 is 14.5 Å². The largest absolute Gasteiger partial charge is 0.326 e. The average molecular weight is 326 g/mol. The molecule has 0 saturated carbocycles. The van der Waals surface area contributed by atoms with Crippen LogP contribution in [0.5, 0.6) is 0 Å². The Morgan fingerprint density at radius 1 is 1.08 bits per heavy atom. The van der Waals surface area contributed by atoms with Crippen molar-refractivity contribution >= 4 is 29.4 Å². The van der Waals surface area contributed by atoms with Crippen LogP contribution in [-0.2, 0) is 4.79 Å². The van der Waals surface area contributed by atoms with Crippen molar-refractivity contribution in [3.8, 4) is 0 Å². The Labute approximate surface area is 137 Å². The minimum atomic E-state index is -0.493. The summed E-state index contributed by atoms with van der Waals surface area (Å²) in [5.74, 6) is -0.609. The number of hydrazone groups is 1. The van der Waals surface area contributed by atoms with Gasteiger partial charge in [0.05, 0.1) is 11.1 Å². The number of nitro benzene ring substituents is 1. The molecule has 24 heavy (non-hydrogen) atoms. The Bertz CT molecular complexity index is 783. The third-order valence-electron chi connectivity index (χ3n) is 2.95. The predicted molar refractivity (Wildman–Crippen MR) is 88.9 cm³/mol. The van der Waals surface area contributed by atoms with Gasteiger partial charge in [-0.25, -0.2) is 5.43 Å². The smallest absolute Gasteiger partial charge is 0.271 e. The van der Waals surface area contributed by atoms with Gasteiger partial charge in [-0.1, -0.05) is 0 Å². The number of carbonyl (C=O) groups is 2. The highest BCUT2D eigenvalue weighted by Crippen LogP contribution is 2.11. The standard InChI is InChI=1S/C16H14N4O4/c1-11(21)18-14-6-4-13(5-7-14)16(22)19-17-10-12-2-8-15(9-3-12)20(23)24/h2-10H,1H3,(H,18,21)(H,19,22)/b17-10-. The zero-order chi connectivity index (χ0) is 17.5. The summed E-state index contributed by atoms with van der Waals surface area (Å²) in [6, 6.07) is 12.1. The number of rotatable bonds is 5. The number of nitrogens with one attached hydrogen (secondary N) is 2. The molecule has 8 nitrogen and oxygen atoms in total. The number of nitro groups is 1. The van der Waals surface area contributed by atoms with Gasteiger partial charge in [-0.15, -0.1) is 0 Å². The third kappa shape index (κ3) is 4.73. The van der Waals surface area contributed by atoms with Gasteiger partial charge in [-0.3, -0.25) is 19.7 Å². The molecule has 2 amide bonds. The van der Waals surface area contributed by atoms with Crippen LogP contribution in [0.1, 0.15) is 22.8 Å². The van der Waals surface area contributed by atoms with Gasteiger partial charge in [0.25, 0.3) is 11.6 Å². The molecule has 0 aliphatic heterocycles. The summed E-state index contributed by atoms with van der Waals surface area (Å²) < 4.78 is 0. The predicted octanol–water partition coefficient (Wildman–Crippen LogP) is 2.32. The first-order valence-electron chi connectivity index (χ1n) is 6.91. The fourth-order valence-electron chi connectivity index (χ4n) is 1.82. The van der Waals surface area contributed by atoms with E-state index in [9.17, 15) is 19.7 Å². The molecule has 0 heterocycles. The Kier molecular flexibility index (Phi) is 5.35. The summed E-state index contributed by atoms with van der Waals surface area (Å²) >= 11 is 0. The van der Waals surface area contributed by atoms with Crippen LogP contribution in [0.4, 0.5) is 11.4 Å². The number of carbonyl (C=O) groups excluding carboxylic acids is 2. The van der Waals surface area contributed by atoms with Crippen LogP contribution < -0.4 is 10.7 Å². The summed E-state index contributed by atoms with van der Waals surface area (Å²) in [4.78, 5) is 32.9. The summed E-state index contributed by atoms with van der Waals surface area (Å²) in [5, 5.41) is 16.9. The Morgan fingerprint density at radius 3 is 2.25 bits per heavy atom. The SMILES string of the molecule is CC(=O)Nc1ccc(C(=O)N/N=C\c2ccc([N+](=O)[O-])cc2)cc1. The third-order valence-corrected chi connectivity index (χ3v) is 2.95. The van der Waals surface area contributed by atoms with E-state index in [4.69, 9.17) is 0 Å². The van der Waals surface area contributed by atoms with E-state index >= 15 is 0 Å². The highest BCUT2D eigenvalue weighted by atomic mass is 16.6. The van der Waals surface area contributed by atoms with Gasteiger partial charge >= 0.3 is 0 Å². The van der Waals surface area contributed by atoms with E-state index in [0.29, 0.717) is 16.8 Å². The minimum Gasteiger partial charge on any atom is -0.326 e. The van der Waals surface area contributed by atoms with Gasteiger partial charge in [0.2, 0.25) is 5.91 Å². The van der Waals surface area contributed by atoms with Gasteiger partial charge < -0.3 is 5.32 Å². The Balaban J connectivity index is 1.94. The van der Waals surface area contributed by atoms with Crippen molar-refractivity contribution in [2.24, 2.45) is 5.10 Å². The number of amides is 2. The van der Waals surface area contributed by atoms with E-state index in [1.54, 1.807) is 24.3 Å². The Morgan fingerprint density at radius 2 is 1.71 bits per heavy atom.